The van der Waals surface area contributed by atoms with Gasteiger partial charge in [0.05, 0.1) is 29.7 Å². The molecule has 102 valence electrons. The number of aromatic nitrogens is 2. The topological polar surface area (TPSA) is 40.8 Å². The molecule has 4 heteroatoms. The van der Waals surface area contributed by atoms with Crippen LogP contribution in [0.1, 0.15) is 38.2 Å². The molecule has 0 atom stereocenters. The van der Waals surface area contributed by atoms with Crippen LogP contribution in [0, 0.1) is 0 Å². The van der Waals surface area contributed by atoms with Crippen molar-refractivity contribution in [2.45, 2.75) is 38.7 Å². The first-order valence-electron chi connectivity index (χ1n) is 7.05. The summed E-state index contributed by atoms with van der Waals surface area (Å²) < 4.78 is 1.97. The van der Waals surface area contributed by atoms with Gasteiger partial charge in [0.2, 0.25) is 0 Å². The maximum absolute atomic E-state index is 9.57. The number of aliphatic hydroxyl groups excluding tert-OH is 1. The molecule has 0 aromatic carbocycles. The van der Waals surface area contributed by atoms with Gasteiger partial charge >= 0.3 is 0 Å². The summed E-state index contributed by atoms with van der Waals surface area (Å²) in [5, 5.41) is 14.0. The molecule has 3 heterocycles. The molecule has 19 heavy (non-hydrogen) atoms. The zero-order chi connectivity index (χ0) is 13.4. The van der Waals surface area contributed by atoms with Crippen molar-refractivity contribution < 1.29 is 5.11 Å². The van der Waals surface area contributed by atoms with Crippen LogP contribution in [-0.2, 0) is 0 Å². The molecule has 3 rings (SSSR count). The number of aliphatic hydroxyl groups is 1. The summed E-state index contributed by atoms with van der Waals surface area (Å²) in [6, 6.07) is 4.32. The summed E-state index contributed by atoms with van der Waals surface area (Å²) in [5.74, 6) is 0.494. The Morgan fingerprint density at radius 1 is 1.26 bits per heavy atom. The van der Waals surface area contributed by atoms with Crippen molar-refractivity contribution in [2.24, 2.45) is 0 Å². The van der Waals surface area contributed by atoms with Crippen LogP contribution in [0.25, 0.3) is 5.52 Å². The number of rotatable bonds is 2. The Labute approximate surface area is 113 Å². The van der Waals surface area contributed by atoms with E-state index in [1.807, 2.05) is 10.7 Å². The molecule has 2 aromatic rings. The predicted octanol–water partition coefficient (Wildman–Crippen LogP) is 2.42. The highest BCUT2D eigenvalue weighted by molar-refractivity contribution is 5.60. The van der Waals surface area contributed by atoms with Gasteiger partial charge in [-0.05, 0) is 30.9 Å². The zero-order valence-electron chi connectivity index (χ0n) is 11.6. The molecular weight excluding hydrogens is 238 g/mol. The van der Waals surface area contributed by atoms with Crippen LogP contribution >= 0.6 is 0 Å². The molecule has 0 amide bonds. The van der Waals surface area contributed by atoms with Gasteiger partial charge in [0.1, 0.15) is 0 Å². The minimum Gasteiger partial charge on any atom is -0.393 e. The highest BCUT2D eigenvalue weighted by atomic mass is 16.3. The largest absolute Gasteiger partial charge is 0.393 e. The van der Waals surface area contributed by atoms with Crippen molar-refractivity contribution in [3.63, 3.8) is 0 Å². The van der Waals surface area contributed by atoms with Gasteiger partial charge in [-0.15, -0.1) is 0 Å². The Bertz CT molecular complexity index is 568. The van der Waals surface area contributed by atoms with E-state index in [-0.39, 0.29) is 6.10 Å². The van der Waals surface area contributed by atoms with E-state index in [1.54, 1.807) is 0 Å². The van der Waals surface area contributed by atoms with Crippen LogP contribution in [0.15, 0.2) is 24.5 Å². The van der Waals surface area contributed by atoms with Gasteiger partial charge < -0.3 is 10.0 Å². The summed E-state index contributed by atoms with van der Waals surface area (Å²) in [6.07, 6.45) is 5.64. The SMILES string of the molecule is CC(C)c1cnn2cc(N3CCC(O)CC3)ccc12. The fraction of sp³-hybridized carbons (Fsp3) is 0.533. The second-order valence-electron chi connectivity index (χ2n) is 5.69. The van der Waals surface area contributed by atoms with Crippen LogP contribution in [0.5, 0.6) is 0 Å². The van der Waals surface area contributed by atoms with Gasteiger partial charge in [0.15, 0.2) is 0 Å². The van der Waals surface area contributed by atoms with Crippen molar-refractivity contribution >= 4 is 11.2 Å². The summed E-state index contributed by atoms with van der Waals surface area (Å²) in [4.78, 5) is 2.32. The lowest BCUT2D eigenvalue weighted by Gasteiger charge is -2.31. The van der Waals surface area contributed by atoms with E-state index >= 15 is 0 Å². The van der Waals surface area contributed by atoms with Crippen LogP contribution in [0.2, 0.25) is 0 Å². The summed E-state index contributed by atoms with van der Waals surface area (Å²) in [7, 11) is 0. The Kier molecular flexibility index (Phi) is 3.19. The lowest BCUT2D eigenvalue weighted by Crippen LogP contribution is -2.35. The quantitative estimate of drug-likeness (QED) is 0.900. The third-order valence-electron chi connectivity index (χ3n) is 3.98. The minimum absolute atomic E-state index is 0.128. The van der Waals surface area contributed by atoms with Crippen LogP contribution < -0.4 is 4.90 Å². The summed E-state index contributed by atoms with van der Waals surface area (Å²) in [5.41, 5.74) is 3.68. The second kappa shape index (κ2) is 4.85. The molecule has 0 aliphatic carbocycles. The minimum atomic E-state index is -0.128. The lowest BCUT2D eigenvalue weighted by molar-refractivity contribution is 0.145. The van der Waals surface area contributed by atoms with Gasteiger partial charge in [0.25, 0.3) is 0 Å². The first kappa shape index (κ1) is 12.5. The summed E-state index contributed by atoms with van der Waals surface area (Å²) in [6.45, 7) is 6.23. The molecule has 2 aromatic heterocycles. The van der Waals surface area contributed by atoms with E-state index in [2.05, 4.69) is 42.2 Å². The Morgan fingerprint density at radius 3 is 2.68 bits per heavy atom. The molecule has 0 spiro atoms. The number of pyridine rings is 1. The number of hydrogen-bond donors (Lipinski definition) is 1. The first-order chi connectivity index (χ1) is 9.15. The highest BCUT2D eigenvalue weighted by Gasteiger charge is 2.18. The number of piperidine rings is 1. The molecule has 0 saturated carbocycles. The molecule has 0 unspecified atom stereocenters. The van der Waals surface area contributed by atoms with E-state index in [0.717, 1.165) is 25.9 Å². The molecule has 1 N–H and O–H groups in total. The van der Waals surface area contributed by atoms with Gasteiger partial charge in [0, 0.05) is 18.7 Å². The average Bonchev–Trinajstić information content (AvgIpc) is 2.82. The fourth-order valence-corrected chi connectivity index (χ4v) is 2.75. The number of anilines is 1. The van der Waals surface area contributed by atoms with Gasteiger partial charge in [-0.25, -0.2) is 4.52 Å². The molecule has 4 nitrogen and oxygen atoms in total. The van der Waals surface area contributed by atoms with Crippen LogP contribution in [-0.4, -0.2) is 33.9 Å². The number of nitrogens with zero attached hydrogens (tertiary/aromatic N) is 3. The fourth-order valence-electron chi connectivity index (χ4n) is 2.75. The summed E-state index contributed by atoms with van der Waals surface area (Å²) >= 11 is 0. The van der Waals surface area contributed by atoms with E-state index in [0.29, 0.717) is 5.92 Å². The third kappa shape index (κ3) is 2.32. The Balaban J connectivity index is 1.90. The lowest BCUT2D eigenvalue weighted by atomic mass is 10.1. The molecule has 1 fully saturated rings. The molecule has 1 saturated heterocycles. The van der Waals surface area contributed by atoms with Crippen molar-refractivity contribution in [3.05, 3.63) is 30.1 Å². The van der Waals surface area contributed by atoms with Crippen molar-refractivity contribution in [1.29, 1.82) is 0 Å². The second-order valence-corrected chi connectivity index (χ2v) is 5.69. The van der Waals surface area contributed by atoms with Crippen molar-refractivity contribution in [3.8, 4) is 0 Å². The highest BCUT2D eigenvalue weighted by Crippen LogP contribution is 2.24. The van der Waals surface area contributed by atoms with Crippen molar-refractivity contribution in [1.82, 2.24) is 9.61 Å². The first-order valence-corrected chi connectivity index (χ1v) is 7.05. The molecule has 0 bridgehead atoms. The third-order valence-corrected chi connectivity index (χ3v) is 3.98. The van der Waals surface area contributed by atoms with Gasteiger partial charge in [-0.3, -0.25) is 0 Å². The number of fused-ring (bicyclic) bond motifs is 1. The molecular formula is C15H21N3O. The zero-order valence-corrected chi connectivity index (χ0v) is 11.6. The van der Waals surface area contributed by atoms with Crippen molar-refractivity contribution in [2.75, 3.05) is 18.0 Å². The Hall–Kier alpha value is -1.55. The van der Waals surface area contributed by atoms with Gasteiger partial charge in [-0.1, -0.05) is 13.8 Å². The van der Waals surface area contributed by atoms with Crippen LogP contribution in [0.4, 0.5) is 5.69 Å². The Morgan fingerprint density at radius 2 is 2.00 bits per heavy atom. The monoisotopic (exact) mass is 259 g/mol. The average molecular weight is 259 g/mol. The molecule has 0 radical (unpaired) electrons. The maximum atomic E-state index is 9.57. The normalized spacial score (nSPS) is 17.6. The number of hydrogen-bond acceptors (Lipinski definition) is 3. The van der Waals surface area contributed by atoms with E-state index in [1.165, 1.54) is 16.8 Å². The van der Waals surface area contributed by atoms with Gasteiger partial charge in [-0.2, -0.15) is 5.10 Å². The molecule has 1 aliphatic heterocycles. The standard InChI is InChI=1S/C15H21N3O/c1-11(2)14-9-16-18-10-12(3-4-15(14)18)17-7-5-13(19)6-8-17/h3-4,9-11,13,19H,5-8H2,1-2H3. The predicted molar refractivity (Wildman–Crippen MR) is 76.7 cm³/mol. The van der Waals surface area contributed by atoms with E-state index in [9.17, 15) is 5.11 Å². The smallest absolute Gasteiger partial charge is 0.0697 e. The maximum Gasteiger partial charge on any atom is 0.0697 e. The van der Waals surface area contributed by atoms with E-state index < -0.39 is 0 Å². The molecule has 1 aliphatic rings. The van der Waals surface area contributed by atoms with Crippen LogP contribution in [0.3, 0.4) is 0 Å². The van der Waals surface area contributed by atoms with E-state index in [4.69, 9.17) is 0 Å².